The minimum absolute atomic E-state index is 0.0877. The average Bonchev–Trinajstić information content (AvgIpc) is 2.92. The van der Waals surface area contributed by atoms with E-state index in [9.17, 15) is 0 Å². The summed E-state index contributed by atoms with van der Waals surface area (Å²) >= 11 is 0. The molecule has 0 aromatic carbocycles. The fraction of sp³-hybridized carbons (Fsp3) is 0.750. The van der Waals surface area contributed by atoms with Crippen molar-refractivity contribution in [1.29, 1.82) is 0 Å². The molecule has 4 heteroatoms. The summed E-state index contributed by atoms with van der Waals surface area (Å²) < 4.78 is 11.7. The van der Waals surface area contributed by atoms with Crippen molar-refractivity contribution >= 4 is 0 Å². The van der Waals surface area contributed by atoms with Crippen LogP contribution < -0.4 is 11.3 Å². The third kappa shape index (κ3) is 3.43. The molecular formula is C16H28N2O2. The molecule has 0 spiro atoms. The molecule has 1 aliphatic rings. The fourth-order valence-electron chi connectivity index (χ4n) is 3.26. The lowest BCUT2D eigenvalue weighted by atomic mass is 9.68. The van der Waals surface area contributed by atoms with Crippen LogP contribution in [0.15, 0.2) is 22.8 Å². The van der Waals surface area contributed by atoms with Gasteiger partial charge in [0.1, 0.15) is 5.76 Å². The van der Waals surface area contributed by atoms with Crippen molar-refractivity contribution in [3.63, 3.8) is 0 Å². The van der Waals surface area contributed by atoms with Crippen LogP contribution >= 0.6 is 0 Å². The molecule has 1 aliphatic carbocycles. The maximum Gasteiger partial charge on any atom is 0.105 e. The lowest BCUT2D eigenvalue weighted by Gasteiger charge is -2.47. The quantitative estimate of drug-likeness (QED) is 0.621. The Kier molecular flexibility index (Phi) is 4.89. The van der Waals surface area contributed by atoms with E-state index in [2.05, 4.69) is 26.2 Å². The second-order valence-corrected chi connectivity index (χ2v) is 6.66. The summed E-state index contributed by atoms with van der Waals surface area (Å²) in [5.74, 6) is 6.79. The Morgan fingerprint density at radius 2 is 2.05 bits per heavy atom. The zero-order valence-corrected chi connectivity index (χ0v) is 12.9. The minimum Gasteiger partial charge on any atom is -0.469 e. The van der Waals surface area contributed by atoms with E-state index in [-0.39, 0.29) is 11.6 Å². The molecule has 114 valence electrons. The van der Waals surface area contributed by atoms with Gasteiger partial charge in [-0.05, 0) is 50.2 Å². The van der Waals surface area contributed by atoms with Crippen molar-refractivity contribution in [3.8, 4) is 0 Å². The van der Waals surface area contributed by atoms with Gasteiger partial charge in [0.25, 0.3) is 0 Å². The number of hydrogen-bond acceptors (Lipinski definition) is 4. The summed E-state index contributed by atoms with van der Waals surface area (Å²) in [4.78, 5) is 0. The van der Waals surface area contributed by atoms with Crippen LogP contribution in [-0.2, 0) is 11.2 Å². The predicted molar refractivity (Wildman–Crippen MR) is 80.1 cm³/mol. The van der Waals surface area contributed by atoms with E-state index < -0.39 is 0 Å². The molecule has 1 fully saturated rings. The third-order valence-electron chi connectivity index (χ3n) is 4.70. The van der Waals surface area contributed by atoms with E-state index in [1.165, 1.54) is 12.8 Å². The lowest BCUT2D eigenvalue weighted by Crippen LogP contribution is -2.58. The molecule has 0 bridgehead atoms. The molecule has 1 atom stereocenters. The molecular weight excluding hydrogens is 252 g/mol. The average molecular weight is 280 g/mol. The Labute approximate surface area is 122 Å². The van der Waals surface area contributed by atoms with Gasteiger partial charge in [-0.2, -0.15) is 0 Å². The maximum absolute atomic E-state index is 6.18. The summed E-state index contributed by atoms with van der Waals surface area (Å²) in [6.07, 6.45) is 6.91. The molecule has 1 saturated carbocycles. The van der Waals surface area contributed by atoms with Gasteiger partial charge in [-0.15, -0.1) is 0 Å². The summed E-state index contributed by atoms with van der Waals surface area (Å²) in [6.45, 7) is 7.44. The summed E-state index contributed by atoms with van der Waals surface area (Å²) in [6, 6.07) is 4.00. The van der Waals surface area contributed by atoms with Crippen molar-refractivity contribution in [3.05, 3.63) is 24.2 Å². The van der Waals surface area contributed by atoms with Crippen LogP contribution in [0.3, 0.4) is 0 Å². The smallest absolute Gasteiger partial charge is 0.105 e. The van der Waals surface area contributed by atoms with Crippen LogP contribution in [0.25, 0.3) is 0 Å². The van der Waals surface area contributed by atoms with Gasteiger partial charge >= 0.3 is 0 Å². The van der Waals surface area contributed by atoms with E-state index in [0.717, 1.165) is 31.6 Å². The molecule has 0 saturated heterocycles. The number of nitrogens with two attached hydrogens (primary N) is 1. The SMILES string of the molecule is CCOC1(C(Cc2ccco2)NN)CCC(C)(C)CC1. The van der Waals surface area contributed by atoms with Crippen molar-refractivity contribution in [1.82, 2.24) is 5.43 Å². The molecule has 1 unspecified atom stereocenters. The molecule has 1 aromatic heterocycles. The monoisotopic (exact) mass is 280 g/mol. The molecule has 3 N–H and O–H groups in total. The topological polar surface area (TPSA) is 60.4 Å². The van der Waals surface area contributed by atoms with Crippen LogP contribution in [0.5, 0.6) is 0 Å². The highest BCUT2D eigenvalue weighted by atomic mass is 16.5. The number of rotatable bonds is 6. The van der Waals surface area contributed by atoms with E-state index in [1.54, 1.807) is 6.26 Å². The molecule has 0 amide bonds. The Bertz CT molecular complexity index is 391. The van der Waals surface area contributed by atoms with Gasteiger partial charge in [-0.1, -0.05) is 13.8 Å². The fourth-order valence-corrected chi connectivity index (χ4v) is 3.26. The summed E-state index contributed by atoms with van der Waals surface area (Å²) in [5, 5.41) is 0. The van der Waals surface area contributed by atoms with Crippen molar-refractivity contribution in [2.24, 2.45) is 11.3 Å². The van der Waals surface area contributed by atoms with E-state index >= 15 is 0 Å². The van der Waals surface area contributed by atoms with E-state index in [1.807, 2.05) is 12.1 Å². The second-order valence-electron chi connectivity index (χ2n) is 6.66. The van der Waals surface area contributed by atoms with Crippen molar-refractivity contribution in [2.75, 3.05) is 6.61 Å². The first-order chi connectivity index (χ1) is 9.51. The second kappa shape index (κ2) is 6.29. The van der Waals surface area contributed by atoms with Gasteiger partial charge in [0, 0.05) is 13.0 Å². The van der Waals surface area contributed by atoms with Crippen LogP contribution in [-0.4, -0.2) is 18.2 Å². The van der Waals surface area contributed by atoms with Crippen LogP contribution in [0.2, 0.25) is 0 Å². The molecule has 20 heavy (non-hydrogen) atoms. The van der Waals surface area contributed by atoms with Crippen molar-refractivity contribution in [2.45, 2.75) is 64.5 Å². The molecule has 1 heterocycles. The number of hydrogen-bond donors (Lipinski definition) is 2. The Morgan fingerprint density at radius 1 is 1.35 bits per heavy atom. The van der Waals surface area contributed by atoms with Gasteiger partial charge < -0.3 is 9.15 Å². The molecule has 2 rings (SSSR count). The maximum atomic E-state index is 6.18. The van der Waals surface area contributed by atoms with Crippen LogP contribution in [0, 0.1) is 5.41 Å². The normalized spacial score (nSPS) is 22.6. The Balaban J connectivity index is 2.13. The highest BCUT2D eigenvalue weighted by Crippen LogP contribution is 2.44. The minimum atomic E-state index is -0.175. The van der Waals surface area contributed by atoms with E-state index in [0.29, 0.717) is 5.41 Å². The van der Waals surface area contributed by atoms with Crippen LogP contribution in [0.1, 0.15) is 52.2 Å². The van der Waals surface area contributed by atoms with Gasteiger partial charge in [-0.3, -0.25) is 11.3 Å². The predicted octanol–water partition coefficient (Wildman–Crippen LogP) is 3.03. The first-order valence-corrected chi connectivity index (χ1v) is 7.64. The molecule has 4 nitrogen and oxygen atoms in total. The van der Waals surface area contributed by atoms with Gasteiger partial charge in [0.2, 0.25) is 0 Å². The lowest BCUT2D eigenvalue weighted by molar-refractivity contribution is -0.107. The number of hydrazine groups is 1. The number of ether oxygens (including phenoxy) is 1. The zero-order valence-electron chi connectivity index (χ0n) is 12.9. The Hall–Kier alpha value is -0.840. The van der Waals surface area contributed by atoms with Gasteiger partial charge in [0.05, 0.1) is 17.9 Å². The zero-order chi connectivity index (χ0) is 14.6. The van der Waals surface area contributed by atoms with Crippen LogP contribution in [0.4, 0.5) is 0 Å². The number of nitrogens with one attached hydrogen (secondary N) is 1. The molecule has 0 aliphatic heterocycles. The third-order valence-corrected chi connectivity index (χ3v) is 4.70. The first kappa shape index (κ1) is 15.5. The summed E-state index contributed by atoms with van der Waals surface area (Å²) in [5.41, 5.74) is 3.21. The van der Waals surface area contributed by atoms with E-state index in [4.69, 9.17) is 15.0 Å². The summed E-state index contributed by atoms with van der Waals surface area (Å²) in [7, 11) is 0. The number of furan rings is 1. The van der Waals surface area contributed by atoms with Crippen molar-refractivity contribution < 1.29 is 9.15 Å². The molecule has 0 radical (unpaired) electrons. The highest BCUT2D eigenvalue weighted by molar-refractivity contribution is 5.06. The molecule has 1 aromatic rings. The Morgan fingerprint density at radius 3 is 2.55 bits per heavy atom. The highest BCUT2D eigenvalue weighted by Gasteiger charge is 2.44. The van der Waals surface area contributed by atoms with Gasteiger partial charge in [-0.25, -0.2) is 0 Å². The van der Waals surface area contributed by atoms with Gasteiger partial charge in [0.15, 0.2) is 0 Å². The standard InChI is InChI=1S/C16H28N2O2/c1-4-20-16(9-7-15(2,3)8-10-16)14(18-17)12-13-6-5-11-19-13/h5-6,11,14,18H,4,7-10,12,17H2,1-3H3. The largest absolute Gasteiger partial charge is 0.469 e. The first-order valence-electron chi connectivity index (χ1n) is 7.64.